The molecular formula is C17H32N2S. The molecule has 0 aromatic heterocycles. The molecule has 0 radical (unpaired) electrons. The van der Waals surface area contributed by atoms with Gasteiger partial charge in [0.2, 0.25) is 0 Å². The van der Waals surface area contributed by atoms with Crippen LogP contribution in [0.5, 0.6) is 0 Å². The average molecular weight is 297 g/mol. The highest BCUT2D eigenvalue weighted by Gasteiger charge is 2.19. The summed E-state index contributed by atoms with van der Waals surface area (Å²) in [6.07, 6.45) is 13.0. The molecule has 0 bridgehead atoms. The van der Waals surface area contributed by atoms with Gasteiger partial charge in [0, 0.05) is 31.4 Å². The molecule has 0 unspecified atom stereocenters. The monoisotopic (exact) mass is 296 g/mol. The molecule has 0 aromatic rings. The van der Waals surface area contributed by atoms with Gasteiger partial charge in [-0.1, -0.05) is 32.6 Å². The second-order valence-corrected chi connectivity index (χ2v) is 5.54. The molecule has 2 nitrogen and oxygen atoms in total. The number of piperazine rings is 1. The van der Waals surface area contributed by atoms with E-state index in [1.54, 1.807) is 0 Å². The molecule has 1 heterocycles. The van der Waals surface area contributed by atoms with Gasteiger partial charge in [0.05, 0.1) is 0 Å². The molecule has 0 amide bonds. The molecule has 1 fully saturated rings. The van der Waals surface area contributed by atoms with Crippen molar-refractivity contribution in [3.8, 4) is 0 Å². The van der Waals surface area contributed by atoms with Crippen LogP contribution in [0.15, 0.2) is 36.6 Å². The third-order valence-corrected chi connectivity index (χ3v) is 3.84. The zero-order valence-electron chi connectivity index (χ0n) is 13.7. The van der Waals surface area contributed by atoms with Gasteiger partial charge < -0.3 is 10.2 Å². The summed E-state index contributed by atoms with van der Waals surface area (Å²) < 4.78 is 0. The van der Waals surface area contributed by atoms with Crippen molar-refractivity contribution in [1.29, 1.82) is 0 Å². The number of thioether (sulfide) groups is 1. The third kappa shape index (κ3) is 7.81. The molecular weight excluding hydrogens is 264 g/mol. The predicted octanol–water partition coefficient (Wildman–Crippen LogP) is 4.08. The molecule has 0 aliphatic carbocycles. The Labute approximate surface area is 130 Å². The lowest BCUT2D eigenvalue weighted by atomic mass is 10.1. The maximum atomic E-state index is 3.80. The Morgan fingerprint density at radius 3 is 2.80 bits per heavy atom. The van der Waals surface area contributed by atoms with Gasteiger partial charge in [0.25, 0.3) is 0 Å². The lowest BCUT2D eigenvalue weighted by Gasteiger charge is -2.36. The van der Waals surface area contributed by atoms with Crippen molar-refractivity contribution in [2.24, 2.45) is 0 Å². The highest BCUT2D eigenvalue weighted by atomic mass is 32.2. The van der Waals surface area contributed by atoms with E-state index in [1.165, 1.54) is 24.3 Å². The minimum atomic E-state index is 0.629. The van der Waals surface area contributed by atoms with E-state index in [9.17, 15) is 0 Å². The smallest absolute Gasteiger partial charge is 0.0363 e. The van der Waals surface area contributed by atoms with Crippen LogP contribution < -0.4 is 5.32 Å². The van der Waals surface area contributed by atoms with Crippen molar-refractivity contribution in [1.82, 2.24) is 10.2 Å². The number of rotatable bonds is 7. The summed E-state index contributed by atoms with van der Waals surface area (Å²) in [5, 5.41) is 3.62. The average Bonchev–Trinajstić information content (AvgIpc) is 2.50. The van der Waals surface area contributed by atoms with E-state index < -0.39 is 0 Å². The van der Waals surface area contributed by atoms with Crippen LogP contribution in [-0.2, 0) is 0 Å². The van der Waals surface area contributed by atoms with Crippen LogP contribution in [-0.4, -0.2) is 42.6 Å². The Kier molecular flexibility index (Phi) is 12.9. The SMILES string of the molecule is C=C/C=C(\C=C/C)N1CCN[C@@H](CCCSC)C1.CC. The summed E-state index contributed by atoms with van der Waals surface area (Å²) >= 11 is 1.94. The number of nitrogens with one attached hydrogen (secondary N) is 1. The van der Waals surface area contributed by atoms with Crippen molar-refractivity contribution >= 4 is 11.8 Å². The summed E-state index contributed by atoms with van der Waals surface area (Å²) in [5.74, 6) is 1.27. The molecule has 1 rings (SSSR count). The van der Waals surface area contributed by atoms with Crippen LogP contribution in [0.25, 0.3) is 0 Å². The molecule has 1 N–H and O–H groups in total. The Bertz CT molecular complexity index is 297. The van der Waals surface area contributed by atoms with E-state index in [0.29, 0.717) is 6.04 Å². The minimum absolute atomic E-state index is 0.629. The quantitative estimate of drug-likeness (QED) is 0.563. The molecule has 20 heavy (non-hydrogen) atoms. The molecule has 1 aliphatic heterocycles. The van der Waals surface area contributed by atoms with Gasteiger partial charge in [-0.2, -0.15) is 11.8 Å². The fourth-order valence-corrected chi connectivity index (χ4v) is 2.74. The van der Waals surface area contributed by atoms with E-state index in [-0.39, 0.29) is 0 Å². The lowest BCUT2D eigenvalue weighted by molar-refractivity contribution is 0.244. The molecule has 3 heteroatoms. The fraction of sp³-hybridized carbons (Fsp3) is 0.647. The van der Waals surface area contributed by atoms with Crippen molar-refractivity contribution in [2.75, 3.05) is 31.6 Å². The van der Waals surface area contributed by atoms with E-state index in [2.05, 4.69) is 48.2 Å². The number of hydrogen-bond acceptors (Lipinski definition) is 3. The van der Waals surface area contributed by atoms with Crippen molar-refractivity contribution in [2.45, 2.75) is 39.7 Å². The van der Waals surface area contributed by atoms with Crippen LogP contribution in [0.1, 0.15) is 33.6 Å². The summed E-state index contributed by atoms with van der Waals surface area (Å²) in [6, 6.07) is 0.629. The molecule has 1 aliphatic rings. The van der Waals surface area contributed by atoms with Crippen molar-refractivity contribution in [3.05, 3.63) is 36.6 Å². The van der Waals surface area contributed by atoms with Crippen molar-refractivity contribution in [3.63, 3.8) is 0 Å². The van der Waals surface area contributed by atoms with Crippen LogP contribution in [0.4, 0.5) is 0 Å². The number of hydrogen-bond donors (Lipinski definition) is 1. The second kappa shape index (κ2) is 13.3. The van der Waals surface area contributed by atoms with Gasteiger partial charge in [0.15, 0.2) is 0 Å². The highest BCUT2D eigenvalue weighted by Crippen LogP contribution is 2.13. The zero-order valence-corrected chi connectivity index (χ0v) is 14.5. The predicted molar refractivity (Wildman–Crippen MR) is 95.4 cm³/mol. The van der Waals surface area contributed by atoms with E-state index in [1.807, 2.05) is 31.7 Å². The molecule has 116 valence electrons. The lowest BCUT2D eigenvalue weighted by Crippen LogP contribution is -2.49. The molecule has 0 spiro atoms. The number of allylic oxidation sites excluding steroid dienone is 4. The topological polar surface area (TPSA) is 15.3 Å². The first-order valence-electron chi connectivity index (χ1n) is 7.74. The third-order valence-electron chi connectivity index (χ3n) is 3.15. The molecule has 0 aromatic carbocycles. The normalized spacial score (nSPS) is 19.7. The Morgan fingerprint density at radius 2 is 2.20 bits per heavy atom. The van der Waals surface area contributed by atoms with Gasteiger partial charge >= 0.3 is 0 Å². The first-order chi connectivity index (χ1) is 9.81. The fourth-order valence-electron chi connectivity index (χ4n) is 2.29. The first kappa shape index (κ1) is 19.3. The molecule has 1 atom stereocenters. The Balaban J connectivity index is 0.00000172. The second-order valence-electron chi connectivity index (χ2n) is 4.56. The summed E-state index contributed by atoms with van der Waals surface area (Å²) in [7, 11) is 0. The molecule has 1 saturated heterocycles. The van der Waals surface area contributed by atoms with Gasteiger partial charge in [-0.3, -0.25) is 0 Å². The standard InChI is InChI=1S/C15H26N2S.C2H6/c1-4-7-15(8-5-2)17-11-10-16-14(13-17)9-6-12-18-3;1-2/h4-5,7-8,14,16H,1,6,9-13H2,2-3H3;1-2H3/b8-5-,15-7+;/t14-;/m0./s1. The van der Waals surface area contributed by atoms with E-state index >= 15 is 0 Å². The van der Waals surface area contributed by atoms with Crippen molar-refractivity contribution < 1.29 is 0 Å². The van der Waals surface area contributed by atoms with Crippen LogP contribution in [0.2, 0.25) is 0 Å². The maximum absolute atomic E-state index is 3.80. The van der Waals surface area contributed by atoms with Gasteiger partial charge in [-0.15, -0.1) is 0 Å². The summed E-state index contributed by atoms with van der Waals surface area (Å²) in [5.41, 5.74) is 1.28. The minimum Gasteiger partial charge on any atom is -0.369 e. The van der Waals surface area contributed by atoms with Gasteiger partial charge in [-0.25, -0.2) is 0 Å². The Hall–Kier alpha value is -0.670. The Morgan fingerprint density at radius 1 is 1.45 bits per heavy atom. The van der Waals surface area contributed by atoms with Gasteiger partial charge in [0.1, 0.15) is 0 Å². The van der Waals surface area contributed by atoms with Gasteiger partial charge in [-0.05, 0) is 43.9 Å². The first-order valence-corrected chi connectivity index (χ1v) is 9.14. The van der Waals surface area contributed by atoms with Crippen LogP contribution in [0, 0.1) is 0 Å². The van der Waals surface area contributed by atoms with Crippen LogP contribution in [0.3, 0.4) is 0 Å². The van der Waals surface area contributed by atoms with E-state index in [4.69, 9.17) is 0 Å². The molecule has 0 saturated carbocycles. The van der Waals surface area contributed by atoms with Crippen LogP contribution >= 0.6 is 11.8 Å². The maximum Gasteiger partial charge on any atom is 0.0363 e. The number of nitrogens with zero attached hydrogens (tertiary/aromatic N) is 1. The summed E-state index contributed by atoms with van der Waals surface area (Å²) in [4.78, 5) is 2.46. The zero-order chi connectivity index (χ0) is 15.2. The largest absolute Gasteiger partial charge is 0.369 e. The summed E-state index contributed by atoms with van der Waals surface area (Å²) in [6.45, 7) is 13.1. The van der Waals surface area contributed by atoms with E-state index in [0.717, 1.165) is 19.6 Å². The highest BCUT2D eigenvalue weighted by molar-refractivity contribution is 7.98.